The number of benzene rings is 1. The maximum atomic E-state index is 12.7. The van der Waals surface area contributed by atoms with Gasteiger partial charge in [-0.3, -0.25) is 4.79 Å². The van der Waals surface area contributed by atoms with Crippen molar-refractivity contribution in [3.63, 3.8) is 0 Å². The molecule has 0 radical (unpaired) electrons. The molecule has 1 aromatic carbocycles. The average Bonchev–Trinajstić information content (AvgIpc) is 2.67. The summed E-state index contributed by atoms with van der Waals surface area (Å²) in [4.78, 5) is 21.8. The van der Waals surface area contributed by atoms with Crippen molar-refractivity contribution >= 4 is 11.7 Å². The van der Waals surface area contributed by atoms with Crippen LogP contribution in [-0.2, 0) is 0 Å². The molecule has 0 unspecified atom stereocenters. The van der Waals surface area contributed by atoms with E-state index in [1.54, 1.807) is 6.07 Å². The Balaban J connectivity index is 1.84. The summed E-state index contributed by atoms with van der Waals surface area (Å²) >= 11 is 0. The number of carbonyl (C=O) groups excluding carboxylic acids is 1. The van der Waals surface area contributed by atoms with Gasteiger partial charge in [0.05, 0.1) is 0 Å². The molecule has 3 rings (SSSR count). The van der Waals surface area contributed by atoms with Crippen molar-refractivity contribution < 1.29 is 4.79 Å². The van der Waals surface area contributed by atoms with Crippen molar-refractivity contribution in [1.29, 1.82) is 0 Å². The Hall–Kier alpha value is -2.43. The standard InChI is InChI=1S/C20H26N4O/c1-2-13-21-18-14-17(20(25)22-16-11-7-4-8-12-16)23-19(24-18)15-9-5-3-6-10-15/h3,5-6,9-10,14,16H,2,4,7-8,11-13H2,1H3,(H,22,25)(H,21,23,24). The summed E-state index contributed by atoms with van der Waals surface area (Å²) in [6, 6.07) is 11.8. The Bertz CT molecular complexity index is 696. The first-order chi connectivity index (χ1) is 12.3. The molecule has 5 heteroatoms. The van der Waals surface area contributed by atoms with Crippen molar-refractivity contribution in [3.8, 4) is 11.4 Å². The van der Waals surface area contributed by atoms with E-state index in [0.29, 0.717) is 17.3 Å². The van der Waals surface area contributed by atoms with Gasteiger partial charge in [-0.1, -0.05) is 56.5 Å². The molecule has 0 saturated heterocycles. The van der Waals surface area contributed by atoms with Crippen LogP contribution in [0.4, 0.5) is 5.82 Å². The van der Waals surface area contributed by atoms with Crippen molar-refractivity contribution in [2.75, 3.05) is 11.9 Å². The number of carbonyl (C=O) groups is 1. The maximum absolute atomic E-state index is 12.7. The molecule has 0 spiro atoms. The van der Waals surface area contributed by atoms with Crippen LogP contribution in [0, 0.1) is 0 Å². The van der Waals surface area contributed by atoms with Crippen LogP contribution in [-0.4, -0.2) is 28.5 Å². The molecule has 132 valence electrons. The van der Waals surface area contributed by atoms with Crippen LogP contribution in [0.2, 0.25) is 0 Å². The highest BCUT2D eigenvalue weighted by atomic mass is 16.1. The summed E-state index contributed by atoms with van der Waals surface area (Å²) < 4.78 is 0. The van der Waals surface area contributed by atoms with Crippen LogP contribution >= 0.6 is 0 Å². The summed E-state index contributed by atoms with van der Waals surface area (Å²) in [7, 11) is 0. The Morgan fingerprint density at radius 2 is 1.88 bits per heavy atom. The first-order valence-electron chi connectivity index (χ1n) is 9.25. The topological polar surface area (TPSA) is 66.9 Å². The van der Waals surface area contributed by atoms with Gasteiger partial charge >= 0.3 is 0 Å². The number of amides is 1. The van der Waals surface area contributed by atoms with Gasteiger partial charge in [0.2, 0.25) is 0 Å². The molecule has 1 aliphatic carbocycles. The van der Waals surface area contributed by atoms with E-state index < -0.39 is 0 Å². The third-order valence-corrected chi connectivity index (χ3v) is 4.49. The molecule has 5 nitrogen and oxygen atoms in total. The Morgan fingerprint density at radius 1 is 1.12 bits per heavy atom. The van der Waals surface area contributed by atoms with E-state index in [1.165, 1.54) is 19.3 Å². The number of hydrogen-bond donors (Lipinski definition) is 2. The third-order valence-electron chi connectivity index (χ3n) is 4.49. The molecular formula is C20H26N4O. The molecule has 0 atom stereocenters. The first kappa shape index (κ1) is 17.4. The maximum Gasteiger partial charge on any atom is 0.270 e. The molecule has 0 aliphatic heterocycles. The average molecular weight is 338 g/mol. The van der Waals surface area contributed by atoms with Crippen molar-refractivity contribution in [3.05, 3.63) is 42.1 Å². The van der Waals surface area contributed by atoms with Gasteiger partial charge in [0, 0.05) is 24.2 Å². The quantitative estimate of drug-likeness (QED) is 0.834. The molecular weight excluding hydrogens is 312 g/mol. The number of rotatable bonds is 6. The second kappa shape index (κ2) is 8.60. The van der Waals surface area contributed by atoms with E-state index in [9.17, 15) is 4.79 Å². The SMILES string of the molecule is CCCNc1cc(C(=O)NC2CCCCC2)nc(-c2ccccc2)n1. The minimum absolute atomic E-state index is 0.106. The van der Waals surface area contributed by atoms with Gasteiger partial charge in [-0.2, -0.15) is 0 Å². The number of aromatic nitrogens is 2. The van der Waals surface area contributed by atoms with E-state index in [-0.39, 0.29) is 11.9 Å². The number of hydrogen-bond acceptors (Lipinski definition) is 4. The van der Waals surface area contributed by atoms with Crippen LogP contribution in [0.5, 0.6) is 0 Å². The second-order valence-corrected chi connectivity index (χ2v) is 6.56. The van der Waals surface area contributed by atoms with Gasteiger partial charge in [-0.25, -0.2) is 9.97 Å². The highest BCUT2D eigenvalue weighted by Gasteiger charge is 2.19. The van der Waals surface area contributed by atoms with Crippen LogP contribution in [0.1, 0.15) is 55.9 Å². The lowest BCUT2D eigenvalue weighted by molar-refractivity contribution is 0.0922. The fraction of sp³-hybridized carbons (Fsp3) is 0.450. The number of anilines is 1. The summed E-state index contributed by atoms with van der Waals surface area (Å²) in [6.45, 7) is 2.91. The molecule has 1 amide bonds. The van der Waals surface area contributed by atoms with Crippen LogP contribution in [0.3, 0.4) is 0 Å². The molecule has 1 heterocycles. The number of nitrogens with zero attached hydrogens (tertiary/aromatic N) is 2. The lowest BCUT2D eigenvalue weighted by Crippen LogP contribution is -2.36. The Kier molecular flexibility index (Phi) is 5.99. The van der Waals surface area contributed by atoms with Gasteiger partial charge in [0.1, 0.15) is 11.5 Å². The number of nitrogens with one attached hydrogen (secondary N) is 2. The molecule has 1 saturated carbocycles. The van der Waals surface area contributed by atoms with Crippen molar-refractivity contribution in [2.45, 2.75) is 51.5 Å². The van der Waals surface area contributed by atoms with Gasteiger partial charge in [0.25, 0.3) is 5.91 Å². The highest BCUT2D eigenvalue weighted by molar-refractivity contribution is 5.93. The van der Waals surface area contributed by atoms with E-state index in [0.717, 1.165) is 31.4 Å². The molecule has 25 heavy (non-hydrogen) atoms. The Morgan fingerprint density at radius 3 is 2.60 bits per heavy atom. The van der Waals surface area contributed by atoms with Crippen LogP contribution < -0.4 is 10.6 Å². The minimum atomic E-state index is -0.106. The van der Waals surface area contributed by atoms with Crippen LogP contribution in [0.25, 0.3) is 11.4 Å². The van der Waals surface area contributed by atoms with Gasteiger partial charge in [-0.15, -0.1) is 0 Å². The molecule has 0 bridgehead atoms. The molecule has 2 aromatic rings. The molecule has 2 N–H and O–H groups in total. The fourth-order valence-corrected chi connectivity index (χ4v) is 3.13. The van der Waals surface area contributed by atoms with E-state index in [1.807, 2.05) is 30.3 Å². The summed E-state index contributed by atoms with van der Waals surface area (Å²) in [5.41, 5.74) is 1.34. The molecule has 1 aliphatic rings. The normalized spacial score (nSPS) is 14.9. The second-order valence-electron chi connectivity index (χ2n) is 6.56. The molecule has 1 aromatic heterocycles. The highest BCUT2D eigenvalue weighted by Crippen LogP contribution is 2.20. The summed E-state index contributed by atoms with van der Waals surface area (Å²) in [5.74, 6) is 1.17. The fourth-order valence-electron chi connectivity index (χ4n) is 3.13. The minimum Gasteiger partial charge on any atom is -0.370 e. The third kappa shape index (κ3) is 4.78. The largest absolute Gasteiger partial charge is 0.370 e. The lowest BCUT2D eigenvalue weighted by Gasteiger charge is -2.22. The van der Waals surface area contributed by atoms with E-state index >= 15 is 0 Å². The zero-order valence-electron chi connectivity index (χ0n) is 14.8. The Labute approximate surface area is 149 Å². The summed E-state index contributed by atoms with van der Waals surface area (Å²) in [5, 5.41) is 6.41. The first-order valence-corrected chi connectivity index (χ1v) is 9.25. The van der Waals surface area contributed by atoms with Gasteiger partial charge < -0.3 is 10.6 Å². The zero-order valence-corrected chi connectivity index (χ0v) is 14.8. The van der Waals surface area contributed by atoms with Gasteiger partial charge in [-0.05, 0) is 19.3 Å². The zero-order chi connectivity index (χ0) is 17.5. The monoisotopic (exact) mass is 338 g/mol. The van der Waals surface area contributed by atoms with Crippen LogP contribution in [0.15, 0.2) is 36.4 Å². The predicted molar refractivity (Wildman–Crippen MR) is 101 cm³/mol. The molecule has 1 fully saturated rings. The van der Waals surface area contributed by atoms with E-state index in [2.05, 4.69) is 27.5 Å². The predicted octanol–water partition coefficient (Wildman–Crippen LogP) is 4.03. The lowest BCUT2D eigenvalue weighted by atomic mass is 9.95. The smallest absolute Gasteiger partial charge is 0.270 e. The van der Waals surface area contributed by atoms with Gasteiger partial charge in [0.15, 0.2) is 5.82 Å². The van der Waals surface area contributed by atoms with Crippen molar-refractivity contribution in [2.24, 2.45) is 0 Å². The van der Waals surface area contributed by atoms with Crippen molar-refractivity contribution in [1.82, 2.24) is 15.3 Å². The van der Waals surface area contributed by atoms with E-state index in [4.69, 9.17) is 0 Å². The summed E-state index contributed by atoms with van der Waals surface area (Å²) in [6.07, 6.45) is 6.75.